The van der Waals surface area contributed by atoms with Crippen molar-refractivity contribution in [3.05, 3.63) is 46.3 Å². The molecule has 5 nitrogen and oxygen atoms in total. The lowest BCUT2D eigenvalue weighted by Crippen LogP contribution is -2.11. The summed E-state index contributed by atoms with van der Waals surface area (Å²) in [7, 11) is 1.80. The van der Waals surface area contributed by atoms with Crippen LogP contribution in [-0.2, 0) is 9.53 Å². The summed E-state index contributed by atoms with van der Waals surface area (Å²) in [5, 5.41) is 3.82. The molecule has 1 aromatic carbocycles. The number of rotatable bonds is 5. The molecule has 1 heterocycles. The number of ether oxygens (including phenoxy) is 1. The fourth-order valence-electron chi connectivity index (χ4n) is 1.87. The van der Waals surface area contributed by atoms with Gasteiger partial charge < -0.3 is 14.5 Å². The van der Waals surface area contributed by atoms with E-state index in [2.05, 4.69) is 5.32 Å². The summed E-state index contributed by atoms with van der Waals surface area (Å²) >= 11 is 0. The van der Waals surface area contributed by atoms with Crippen molar-refractivity contribution in [3.8, 4) is 0 Å². The SMILES string of the molecule is CNc1ccc2cc(/C=C/COC(=O)C(C)C)c(=O)oc2c1.[HH]. The van der Waals surface area contributed by atoms with Gasteiger partial charge in [0.05, 0.1) is 11.5 Å². The van der Waals surface area contributed by atoms with Crippen molar-refractivity contribution in [2.24, 2.45) is 5.92 Å². The number of anilines is 1. The molecule has 0 aliphatic carbocycles. The third kappa shape index (κ3) is 3.75. The Bertz CT molecular complexity index is 765. The van der Waals surface area contributed by atoms with E-state index in [9.17, 15) is 9.59 Å². The molecule has 0 aliphatic heterocycles. The van der Waals surface area contributed by atoms with Crippen LogP contribution in [0.1, 0.15) is 20.8 Å². The first-order valence-corrected chi connectivity index (χ1v) is 7.10. The molecule has 1 aromatic heterocycles. The summed E-state index contributed by atoms with van der Waals surface area (Å²) in [6.45, 7) is 3.67. The predicted octanol–water partition coefficient (Wildman–Crippen LogP) is 3.29. The number of hydrogen-bond donors (Lipinski definition) is 1. The molecule has 2 aromatic rings. The summed E-state index contributed by atoms with van der Waals surface area (Å²) in [5.41, 5.74) is 1.40. The molecule has 0 saturated carbocycles. The predicted molar refractivity (Wildman–Crippen MR) is 89.0 cm³/mol. The van der Waals surface area contributed by atoms with Crippen molar-refractivity contribution < 1.29 is 15.4 Å². The van der Waals surface area contributed by atoms with Gasteiger partial charge in [0.15, 0.2) is 0 Å². The molecular weight excluding hydrogens is 282 g/mol. The van der Waals surface area contributed by atoms with E-state index in [1.807, 2.05) is 12.1 Å². The zero-order chi connectivity index (χ0) is 16.1. The fourth-order valence-corrected chi connectivity index (χ4v) is 1.87. The number of esters is 1. The maximum absolute atomic E-state index is 11.9. The third-order valence-corrected chi connectivity index (χ3v) is 3.14. The maximum atomic E-state index is 11.9. The van der Waals surface area contributed by atoms with Gasteiger partial charge in [0.2, 0.25) is 0 Å². The van der Waals surface area contributed by atoms with E-state index in [-0.39, 0.29) is 19.9 Å². The highest BCUT2D eigenvalue weighted by molar-refractivity contribution is 5.82. The second-order valence-electron chi connectivity index (χ2n) is 5.18. The molecule has 118 valence electrons. The van der Waals surface area contributed by atoms with Crippen LogP contribution >= 0.6 is 0 Å². The van der Waals surface area contributed by atoms with Crippen LogP contribution in [0.2, 0.25) is 0 Å². The van der Waals surface area contributed by atoms with E-state index in [0.717, 1.165) is 11.1 Å². The van der Waals surface area contributed by atoms with Crippen LogP contribution in [-0.4, -0.2) is 19.6 Å². The summed E-state index contributed by atoms with van der Waals surface area (Å²) < 4.78 is 10.3. The zero-order valence-electron chi connectivity index (χ0n) is 12.9. The number of carbonyl (C=O) groups excluding carboxylic acids is 1. The molecule has 22 heavy (non-hydrogen) atoms. The second-order valence-corrected chi connectivity index (χ2v) is 5.18. The van der Waals surface area contributed by atoms with Crippen molar-refractivity contribution in [3.63, 3.8) is 0 Å². The molecule has 0 saturated heterocycles. The highest BCUT2D eigenvalue weighted by atomic mass is 16.5. The monoisotopic (exact) mass is 303 g/mol. The van der Waals surface area contributed by atoms with Gasteiger partial charge in [-0.1, -0.05) is 13.8 Å². The van der Waals surface area contributed by atoms with Gasteiger partial charge in [-0.05, 0) is 30.4 Å². The summed E-state index contributed by atoms with van der Waals surface area (Å²) in [5.74, 6) is -0.435. The van der Waals surface area contributed by atoms with Gasteiger partial charge in [0, 0.05) is 25.6 Å². The molecule has 0 aliphatic rings. The Morgan fingerprint density at radius 2 is 2.18 bits per heavy atom. The molecule has 0 amide bonds. The molecule has 1 N–H and O–H groups in total. The van der Waals surface area contributed by atoms with Gasteiger partial charge >= 0.3 is 11.6 Å². The first-order valence-electron chi connectivity index (χ1n) is 7.10. The van der Waals surface area contributed by atoms with Gasteiger partial charge in [0.25, 0.3) is 0 Å². The minimum Gasteiger partial charge on any atom is -0.461 e. The van der Waals surface area contributed by atoms with Crippen LogP contribution in [0.25, 0.3) is 17.0 Å². The van der Waals surface area contributed by atoms with E-state index in [1.165, 1.54) is 0 Å². The van der Waals surface area contributed by atoms with Crippen LogP contribution in [0, 0.1) is 5.92 Å². The zero-order valence-corrected chi connectivity index (χ0v) is 12.9. The normalized spacial score (nSPS) is 11.3. The molecular formula is C17H21NO4. The van der Waals surface area contributed by atoms with Gasteiger partial charge in [-0.15, -0.1) is 0 Å². The highest BCUT2D eigenvalue weighted by Crippen LogP contribution is 2.18. The number of hydrogen-bond acceptors (Lipinski definition) is 5. The van der Waals surface area contributed by atoms with E-state index >= 15 is 0 Å². The lowest BCUT2D eigenvalue weighted by Gasteiger charge is -2.04. The molecule has 0 fully saturated rings. The number of fused-ring (bicyclic) bond motifs is 1. The van der Waals surface area contributed by atoms with Gasteiger partial charge in [-0.3, -0.25) is 4.79 Å². The van der Waals surface area contributed by atoms with E-state index in [0.29, 0.717) is 11.1 Å². The Morgan fingerprint density at radius 3 is 2.86 bits per heavy atom. The average molecular weight is 303 g/mol. The van der Waals surface area contributed by atoms with E-state index in [1.54, 1.807) is 45.2 Å². The third-order valence-electron chi connectivity index (χ3n) is 3.14. The molecule has 5 heteroatoms. The first-order chi connectivity index (χ1) is 10.5. The Labute approximate surface area is 130 Å². The van der Waals surface area contributed by atoms with Crippen LogP contribution in [0.3, 0.4) is 0 Å². The highest BCUT2D eigenvalue weighted by Gasteiger charge is 2.07. The standard InChI is InChI=1S/C17H19NO4.H2/c1-11(2)16(19)21-8-4-5-13-9-12-6-7-14(18-3)10-15(12)22-17(13)20;/h4-7,9-11,18H,8H2,1-3H3;1H/b5-4+;. The van der Waals surface area contributed by atoms with Gasteiger partial charge in [-0.2, -0.15) is 0 Å². The molecule has 0 atom stereocenters. The lowest BCUT2D eigenvalue weighted by molar-refractivity contribution is -0.145. The molecule has 0 spiro atoms. The maximum Gasteiger partial charge on any atom is 0.343 e. The summed E-state index contributed by atoms with van der Waals surface area (Å²) in [4.78, 5) is 23.2. The summed E-state index contributed by atoms with van der Waals surface area (Å²) in [6.07, 6.45) is 3.23. The Hall–Kier alpha value is -2.56. The van der Waals surface area contributed by atoms with Crippen molar-refractivity contribution >= 4 is 28.7 Å². The van der Waals surface area contributed by atoms with Gasteiger partial charge in [0.1, 0.15) is 12.2 Å². The van der Waals surface area contributed by atoms with Crippen molar-refractivity contribution in [2.45, 2.75) is 13.8 Å². The van der Waals surface area contributed by atoms with Crippen molar-refractivity contribution in [2.75, 3.05) is 19.0 Å². The number of benzene rings is 1. The Morgan fingerprint density at radius 1 is 1.41 bits per heavy atom. The molecule has 0 bridgehead atoms. The van der Waals surface area contributed by atoms with Crippen LogP contribution in [0.4, 0.5) is 5.69 Å². The molecule has 2 rings (SSSR count). The van der Waals surface area contributed by atoms with Crippen molar-refractivity contribution in [1.82, 2.24) is 0 Å². The van der Waals surface area contributed by atoms with Crippen molar-refractivity contribution in [1.29, 1.82) is 0 Å². The van der Waals surface area contributed by atoms with Crippen LogP contribution in [0.15, 0.2) is 39.6 Å². The topological polar surface area (TPSA) is 68.5 Å². The minimum absolute atomic E-state index is 0. The smallest absolute Gasteiger partial charge is 0.343 e. The van der Waals surface area contributed by atoms with Gasteiger partial charge in [-0.25, -0.2) is 4.79 Å². The van der Waals surface area contributed by atoms with E-state index < -0.39 is 5.63 Å². The van der Waals surface area contributed by atoms with E-state index in [4.69, 9.17) is 9.15 Å². The Kier molecular flexibility index (Phi) is 4.99. The first kappa shape index (κ1) is 15.8. The second kappa shape index (κ2) is 6.93. The number of nitrogens with one attached hydrogen (secondary N) is 1. The minimum atomic E-state index is -0.424. The molecule has 0 unspecified atom stereocenters. The quantitative estimate of drug-likeness (QED) is 0.678. The average Bonchev–Trinajstić information content (AvgIpc) is 2.50. The largest absolute Gasteiger partial charge is 0.461 e. The van der Waals surface area contributed by atoms with Crippen LogP contribution in [0.5, 0.6) is 0 Å². The lowest BCUT2D eigenvalue weighted by atomic mass is 10.1. The number of carbonyl (C=O) groups is 1. The van der Waals surface area contributed by atoms with Crippen LogP contribution < -0.4 is 10.9 Å². The fraction of sp³-hybridized carbons (Fsp3) is 0.294. The molecule has 0 radical (unpaired) electrons. The Balaban J connectivity index is 0.00000264. The summed E-state index contributed by atoms with van der Waals surface area (Å²) in [6, 6.07) is 7.30.